The fourth-order valence-electron chi connectivity index (χ4n) is 5.15. The first kappa shape index (κ1) is 28.2. The lowest BCUT2D eigenvalue weighted by atomic mass is 10.00. The number of likely N-dealkylation sites (N-methyl/N-ethyl adjacent to an activating group) is 1. The first-order valence-corrected chi connectivity index (χ1v) is 15.2. The zero-order valence-electron chi connectivity index (χ0n) is 21.9. The van der Waals surface area contributed by atoms with E-state index in [2.05, 4.69) is 19.8 Å². The van der Waals surface area contributed by atoms with Crippen molar-refractivity contribution in [3.05, 3.63) is 59.1 Å². The van der Waals surface area contributed by atoms with Gasteiger partial charge in [0, 0.05) is 37.6 Å². The zero-order chi connectivity index (χ0) is 27.3. The normalized spacial score (nSPS) is 19.6. The number of amides is 2. The van der Waals surface area contributed by atoms with E-state index in [0.29, 0.717) is 43.3 Å². The van der Waals surface area contributed by atoms with Crippen LogP contribution in [0.2, 0.25) is 5.02 Å². The fourth-order valence-corrected chi connectivity index (χ4v) is 5.85. The summed E-state index contributed by atoms with van der Waals surface area (Å²) >= 11 is 6.05. The van der Waals surface area contributed by atoms with Gasteiger partial charge in [0.1, 0.15) is 6.04 Å². The maximum Gasteiger partial charge on any atom is 0.245 e. The molecule has 2 atom stereocenters. The molecule has 2 heterocycles. The maximum absolute atomic E-state index is 13.7. The Hall–Kier alpha value is -2.82. The van der Waals surface area contributed by atoms with E-state index in [-0.39, 0.29) is 17.9 Å². The molecular formula is C27H36ClN5O4S. The van der Waals surface area contributed by atoms with Gasteiger partial charge in [0.25, 0.3) is 0 Å². The van der Waals surface area contributed by atoms with Crippen LogP contribution < -0.4 is 14.9 Å². The monoisotopic (exact) mass is 561 g/mol. The van der Waals surface area contributed by atoms with Crippen LogP contribution in [0, 0.1) is 0 Å². The van der Waals surface area contributed by atoms with E-state index in [4.69, 9.17) is 11.6 Å². The smallest absolute Gasteiger partial charge is 0.245 e. The number of carbonyl (C=O) groups excluding carboxylic acids is 2. The maximum atomic E-state index is 13.7. The van der Waals surface area contributed by atoms with Crippen molar-refractivity contribution < 1.29 is 18.0 Å². The molecular weight excluding hydrogens is 526 g/mol. The molecule has 2 aliphatic rings. The van der Waals surface area contributed by atoms with Gasteiger partial charge in [-0.3, -0.25) is 19.2 Å². The molecule has 2 saturated heterocycles. The Balaban J connectivity index is 1.46. The van der Waals surface area contributed by atoms with Crippen molar-refractivity contribution >= 4 is 44.8 Å². The second kappa shape index (κ2) is 12.4. The molecule has 0 aromatic heterocycles. The highest BCUT2D eigenvalue weighted by molar-refractivity contribution is 7.92. The van der Waals surface area contributed by atoms with Gasteiger partial charge in [-0.25, -0.2) is 8.42 Å². The van der Waals surface area contributed by atoms with E-state index >= 15 is 0 Å². The molecule has 9 nitrogen and oxygen atoms in total. The lowest BCUT2D eigenvalue weighted by Gasteiger charge is -2.39. The minimum atomic E-state index is -3.42. The first-order chi connectivity index (χ1) is 18.1. The summed E-state index contributed by atoms with van der Waals surface area (Å²) in [7, 11) is -1.47. The highest BCUT2D eigenvalue weighted by atomic mass is 35.5. The molecule has 2 unspecified atom stereocenters. The fraction of sp³-hybridized carbons (Fsp3) is 0.481. The Morgan fingerprint density at radius 2 is 1.68 bits per heavy atom. The number of likely N-dealkylation sites (tertiary alicyclic amines) is 1. The van der Waals surface area contributed by atoms with Crippen LogP contribution in [-0.4, -0.2) is 88.1 Å². The van der Waals surface area contributed by atoms with E-state index in [9.17, 15) is 18.0 Å². The summed E-state index contributed by atoms with van der Waals surface area (Å²) in [4.78, 5) is 32.9. The SMILES string of the molecule is CN1CCCCC1C(=O)NC(Cc1ccc(Cl)cc1)C(=O)N1CCN(c2ccccc2NS(C)(=O)=O)CC1. The number of nitrogens with zero attached hydrogens (tertiary/aromatic N) is 3. The molecule has 2 aromatic rings. The van der Waals surface area contributed by atoms with Crippen LogP contribution in [0.3, 0.4) is 0 Å². The van der Waals surface area contributed by atoms with Crippen molar-refractivity contribution in [2.75, 3.05) is 55.6 Å². The van der Waals surface area contributed by atoms with Gasteiger partial charge < -0.3 is 15.1 Å². The molecule has 0 bridgehead atoms. The van der Waals surface area contributed by atoms with Crippen LogP contribution in [0.1, 0.15) is 24.8 Å². The van der Waals surface area contributed by atoms with Gasteiger partial charge in [-0.05, 0) is 56.3 Å². The lowest BCUT2D eigenvalue weighted by molar-refractivity contribution is -0.138. The number of anilines is 2. The predicted octanol–water partition coefficient (Wildman–Crippen LogP) is 2.57. The van der Waals surface area contributed by atoms with E-state index in [1.165, 1.54) is 0 Å². The number of para-hydroxylation sites is 2. The van der Waals surface area contributed by atoms with Gasteiger partial charge in [-0.1, -0.05) is 42.3 Å². The van der Waals surface area contributed by atoms with E-state index in [1.807, 2.05) is 31.3 Å². The van der Waals surface area contributed by atoms with Crippen LogP contribution >= 0.6 is 11.6 Å². The molecule has 206 valence electrons. The van der Waals surface area contributed by atoms with Crippen LogP contribution in [0.5, 0.6) is 0 Å². The largest absolute Gasteiger partial charge is 0.366 e. The Bertz CT molecular complexity index is 1230. The topological polar surface area (TPSA) is 102 Å². The molecule has 2 amide bonds. The summed E-state index contributed by atoms with van der Waals surface area (Å²) in [5.41, 5.74) is 2.21. The Morgan fingerprint density at radius 3 is 2.34 bits per heavy atom. The minimum absolute atomic E-state index is 0.112. The van der Waals surface area contributed by atoms with Crippen molar-refractivity contribution in [2.45, 2.75) is 37.8 Å². The number of halogens is 1. The quantitative estimate of drug-likeness (QED) is 0.514. The number of carbonyl (C=O) groups is 2. The number of hydrogen-bond acceptors (Lipinski definition) is 6. The number of sulfonamides is 1. The van der Waals surface area contributed by atoms with Crippen LogP contribution in [-0.2, 0) is 26.0 Å². The molecule has 2 aliphatic heterocycles. The molecule has 11 heteroatoms. The highest BCUT2D eigenvalue weighted by Gasteiger charge is 2.33. The molecule has 2 aromatic carbocycles. The number of rotatable bonds is 8. The Kier molecular flexibility index (Phi) is 9.17. The number of nitrogens with one attached hydrogen (secondary N) is 2. The van der Waals surface area contributed by atoms with Crippen molar-refractivity contribution in [3.8, 4) is 0 Å². The summed E-state index contributed by atoms with van der Waals surface area (Å²) in [5.74, 6) is -0.229. The van der Waals surface area contributed by atoms with Crippen molar-refractivity contribution in [1.82, 2.24) is 15.1 Å². The number of benzene rings is 2. The van der Waals surface area contributed by atoms with E-state index in [1.54, 1.807) is 29.2 Å². The van der Waals surface area contributed by atoms with Gasteiger partial charge in [0.05, 0.1) is 23.7 Å². The molecule has 0 aliphatic carbocycles. The lowest BCUT2D eigenvalue weighted by Crippen LogP contribution is -2.58. The predicted molar refractivity (Wildman–Crippen MR) is 151 cm³/mol. The van der Waals surface area contributed by atoms with Crippen molar-refractivity contribution in [2.24, 2.45) is 0 Å². The molecule has 0 spiro atoms. The van der Waals surface area contributed by atoms with Crippen molar-refractivity contribution in [3.63, 3.8) is 0 Å². The van der Waals surface area contributed by atoms with Gasteiger partial charge in [-0.2, -0.15) is 0 Å². The van der Waals surface area contributed by atoms with Gasteiger partial charge in [-0.15, -0.1) is 0 Å². The summed E-state index contributed by atoms with van der Waals surface area (Å²) in [5, 5.41) is 3.68. The average molecular weight is 562 g/mol. The second-order valence-corrected chi connectivity index (χ2v) is 12.3. The molecule has 0 radical (unpaired) electrons. The van der Waals surface area contributed by atoms with Crippen LogP contribution in [0.4, 0.5) is 11.4 Å². The zero-order valence-corrected chi connectivity index (χ0v) is 23.5. The molecule has 38 heavy (non-hydrogen) atoms. The number of piperidine rings is 1. The number of piperazine rings is 1. The van der Waals surface area contributed by atoms with Gasteiger partial charge in [0.2, 0.25) is 21.8 Å². The standard InChI is InChI=1S/C27H36ClN5O4S/c1-31-14-6-5-9-25(31)26(34)29-23(19-20-10-12-21(28)13-11-20)27(35)33-17-15-32(16-18-33)24-8-4-3-7-22(24)30-38(2,36)37/h3-4,7-8,10-13,23,25,30H,5-6,9,14-19H2,1-2H3,(H,29,34). The molecule has 2 N–H and O–H groups in total. The van der Waals surface area contributed by atoms with Crippen LogP contribution in [0.25, 0.3) is 0 Å². The first-order valence-electron chi connectivity index (χ1n) is 13.0. The van der Waals surface area contributed by atoms with Crippen molar-refractivity contribution in [1.29, 1.82) is 0 Å². The Labute approximate surface area is 230 Å². The van der Waals surface area contributed by atoms with Crippen LogP contribution in [0.15, 0.2) is 48.5 Å². The highest BCUT2D eigenvalue weighted by Crippen LogP contribution is 2.27. The van der Waals surface area contributed by atoms with E-state index < -0.39 is 16.1 Å². The summed E-state index contributed by atoms with van der Waals surface area (Å²) in [6, 6.07) is 13.7. The van der Waals surface area contributed by atoms with E-state index in [0.717, 1.165) is 43.3 Å². The summed E-state index contributed by atoms with van der Waals surface area (Å²) in [6.07, 6.45) is 4.35. The molecule has 2 fully saturated rings. The summed E-state index contributed by atoms with van der Waals surface area (Å²) < 4.78 is 26.2. The molecule has 4 rings (SSSR count). The second-order valence-electron chi connectivity index (χ2n) is 10.1. The third-order valence-corrected chi connectivity index (χ3v) is 8.01. The van der Waals surface area contributed by atoms with Gasteiger partial charge >= 0.3 is 0 Å². The van der Waals surface area contributed by atoms with Gasteiger partial charge in [0.15, 0.2) is 0 Å². The average Bonchev–Trinajstić information content (AvgIpc) is 2.89. The number of hydrogen-bond donors (Lipinski definition) is 2. The summed E-state index contributed by atoms with van der Waals surface area (Å²) in [6.45, 7) is 2.87. The third-order valence-electron chi connectivity index (χ3n) is 7.17. The Morgan fingerprint density at radius 1 is 1.00 bits per heavy atom. The minimum Gasteiger partial charge on any atom is -0.366 e. The molecule has 0 saturated carbocycles. The third kappa shape index (κ3) is 7.39.